The quantitative estimate of drug-likeness (QED) is 0.839. The Kier molecular flexibility index (Phi) is 9.87. The van der Waals surface area contributed by atoms with E-state index in [9.17, 15) is 9.59 Å². The van der Waals surface area contributed by atoms with E-state index in [2.05, 4.69) is 5.32 Å². The third-order valence-electron chi connectivity index (χ3n) is 3.97. The van der Waals surface area contributed by atoms with Crippen LogP contribution in [0.15, 0.2) is 0 Å². The number of nitrogens with zero attached hydrogens (tertiary/aromatic N) is 1. The van der Waals surface area contributed by atoms with Gasteiger partial charge in [0.2, 0.25) is 5.91 Å². The molecule has 0 unspecified atom stereocenters. The van der Waals surface area contributed by atoms with Crippen molar-refractivity contribution >= 4 is 11.9 Å². The molecule has 21 heavy (non-hydrogen) atoms. The SMILES string of the molecule is C1CCCNCC1.O=C(O)CCC(=O)N1CCCCCC1. The molecule has 0 aromatic heterocycles. The van der Waals surface area contributed by atoms with Crippen LogP contribution in [0.4, 0.5) is 0 Å². The number of hydrogen-bond donors (Lipinski definition) is 2. The molecule has 2 saturated heterocycles. The molecule has 5 heteroatoms. The van der Waals surface area contributed by atoms with Crippen LogP contribution in [-0.2, 0) is 9.59 Å². The largest absolute Gasteiger partial charge is 0.481 e. The van der Waals surface area contributed by atoms with Crippen LogP contribution in [0.2, 0.25) is 0 Å². The molecule has 0 aliphatic carbocycles. The van der Waals surface area contributed by atoms with E-state index in [-0.39, 0.29) is 18.7 Å². The van der Waals surface area contributed by atoms with Gasteiger partial charge in [0.25, 0.3) is 0 Å². The fraction of sp³-hybridized carbons (Fsp3) is 0.875. The number of nitrogens with one attached hydrogen (secondary N) is 1. The zero-order chi connectivity index (χ0) is 15.3. The molecule has 0 radical (unpaired) electrons. The number of carboxylic acids is 1. The summed E-state index contributed by atoms with van der Waals surface area (Å²) < 4.78 is 0. The lowest BCUT2D eigenvalue weighted by atomic mass is 10.2. The van der Waals surface area contributed by atoms with E-state index in [1.807, 2.05) is 0 Å². The second kappa shape index (κ2) is 11.5. The third-order valence-corrected chi connectivity index (χ3v) is 3.97. The van der Waals surface area contributed by atoms with Crippen molar-refractivity contribution in [2.24, 2.45) is 0 Å². The third kappa shape index (κ3) is 9.45. The van der Waals surface area contributed by atoms with Gasteiger partial charge in [-0.05, 0) is 38.8 Å². The highest BCUT2D eigenvalue weighted by Crippen LogP contribution is 2.11. The Hall–Kier alpha value is -1.10. The number of rotatable bonds is 3. The normalized spacial score (nSPS) is 19.7. The average Bonchev–Trinajstić information content (AvgIpc) is 2.92. The lowest BCUT2D eigenvalue weighted by Gasteiger charge is -2.19. The standard InChI is InChI=1S/C10H17NO3.C6H13N/c12-9(5-6-10(13)14)11-7-3-1-2-4-8-11;1-2-4-6-7-5-3-1/h1-8H2,(H,13,14);7H,1-6H2. The van der Waals surface area contributed by atoms with Crippen LogP contribution in [0.25, 0.3) is 0 Å². The lowest BCUT2D eigenvalue weighted by Crippen LogP contribution is -2.31. The number of likely N-dealkylation sites (tertiary alicyclic amines) is 1. The van der Waals surface area contributed by atoms with E-state index >= 15 is 0 Å². The zero-order valence-corrected chi connectivity index (χ0v) is 13.1. The van der Waals surface area contributed by atoms with E-state index in [4.69, 9.17) is 5.11 Å². The Balaban J connectivity index is 0.000000262. The Labute approximate surface area is 128 Å². The van der Waals surface area contributed by atoms with Crippen LogP contribution in [0, 0.1) is 0 Å². The van der Waals surface area contributed by atoms with Crippen molar-refractivity contribution in [2.45, 2.75) is 64.2 Å². The Bertz CT molecular complexity index is 280. The zero-order valence-electron chi connectivity index (χ0n) is 13.1. The molecule has 0 aromatic carbocycles. The summed E-state index contributed by atoms with van der Waals surface area (Å²) in [6, 6.07) is 0. The second-order valence-corrected chi connectivity index (χ2v) is 5.85. The molecule has 2 fully saturated rings. The fourth-order valence-electron chi connectivity index (χ4n) is 2.67. The van der Waals surface area contributed by atoms with Gasteiger partial charge in [0.1, 0.15) is 0 Å². The maximum atomic E-state index is 11.5. The lowest BCUT2D eigenvalue weighted by molar-refractivity contribution is -0.140. The maximum absolute atomic E-state index is 11.5. The molecule has 1 amide bonds. The predicted molar refractivity (Wildman–Crippen MR) is 83.3 cm³/mol. The van der Waals surface area contributed by atoms with Gasteiger partial charge in [-0.2, -0.15) is 0 Å². The average molecular weight is 298 g/mol. The summed E-state index contributed by atoms with van der Waals surface area (Å²) in [6.07, 6.45) is 10.2. The molecule has 2 heterocycles. The van der Waals surface area contributed by atoms with E-state index < -0.39 is 5.97 Å². The van der Waals surface area contributed by atoms with Gasteiger partial charge in [-0.15, -0.1) is 0 Å². The minimum Gasteiger partial charge on any atom is -0.481 e. The van der Waals surface area contributed by atoms with Gasteiger partial charge < -0.3 is 15.3 Å². The number of carboxylic acid groups (broad SMARTS) is 1. The molecule has 0 aromatic rings. The van der Waals surface area contributed by atoms with E-state index in [1.54, 1.807) is 4.90 Å². The first-order chi connectivity index (χ1) is 10.2. The van der Waals surface area contributed by atoms with Crippen molar-refractivity contribution in [3.05, 3.63) is 0 Å². The monoisotopic (exact) mass is 298 g/mol. The molecule has 0 atom stereocenters. The summed E-state index contributed by atoms with van der Waals surface area (Å²) in [5.74, 6) is -0.900. The van der Waals surface area contributed by atoms with Crippen molar-refractivity contribution < 1.29 is 14.7 Å². The molecule has 2 aliphatic heterocycles. The van der Waals surface area contributed by atoms with Crippen LogP contribution >= 0.6 is 0 Å². The second-order valence-electron chi connectivity index (χ2n) is 5.85. The van der Waals surface area contributed by atoms with Crippen LogP contribution < -0.4 is 5.32 Å². The van der Waals surface area contributed by atoms with Crippen molar-refractivity contribution in [3.8, 4) is 0 Å². The molecule has 122 valence electrons. The maximum Gasteiger partial charge on any atom is 0.303 e. The van der Waals surface area contributed by atoms with Gasteiger partial charge in [-0.1, -0.05) is 25.7 Å². The smallest absolute Gasteiger partial charge is 0.303 e. The molecule has 2 rings (SSSR count). The van der Waals surface area contributed by atoms with E-state index in [0.717, 1.165) is 25.9 Å². The first kappa shape index (κ1) is 18.0. The topological polar surface area (TPSA) is 69.6 Å². The number of aliphatic carboxylic acids is 1. The number of hydrogen-bond acceptors (Lipinski definition) is 3. The van der Waals surface area contributed by atoms with Gasteiger partial charge in [0, 0.05) is 19.5 Å². The molecular weight excluding hydrogens is 268 g/mol. The van der Waals surface area contributed by atoms with Gasteiger partial charge >= 0.3 is 5.97 Å². The summed E-state index contributed by atoms with van der Waals surface area (Å²) in [5.41, 5.74) is 0. The fourth-order valence-corrected chi connectivity index (χ4v) is 2.67. The molecule has 0 saturated carbocycles. The summed E-state index contributed by atoms with van der Waals surface area (Å²) in [4.78, 5) is 23.6. The molecule has 2 N–H and O–H groups in total. The van der Waals surface area contributed by atoms with Gasteiger partial charge in [-0.3, -0.25) is 9.59 Å². The number of carbonyl (C=O) groups excluding carboxylic acids is 1. The number of amides is 1. The highest BCUT2D eigenvalue weighted by Gasteiger charge is 2.15. The highest BCUT2D eigenvalue weighted by atomic mass is 16.4. The van der Waals surface area contributed by atoms with E-state index in [1.165, 1.54) is 51.6 Å². The van der Waals surface area contributed by atoms with Crippen LogP contribution in [-0.4, -0.2) is 48.1 Å². The summed E-state index contributed by atoms with van der Waals surface area (Å²) in [5, 5.41) is 11.8. The molecule has 5 nitrogen and oxygen atoms in total. The minimum absolute atomic E-state index is 0.00528. The minimum atomic E-state index is -0.895. The molecule has 0 bridgehead atoms. The van der Waals surface area contributed by atoms with Gasteiger partial charge in [0.15, 0.2) is 0 Å². The highest BCUT2D eigenvalue weighted by molar-refractivity contribution is 5.80. The Morgan fingerprint density at radius 2 is 1.33 bits per heavy atom. The first-order valence-corrected chi connectivity index (χ1v) is 8.40. The van der Waals surface area contributed by atoms with Gasteiger partial charge in [0.05, 0.1) is 6.42 Å². The molecular formula is C16H30N2O3. The summed E-state index contributed by atoms with van der Waals surface area (Å²) in [6.45, 7) is 4.11. The van der Waals surface area contributed by atoms with Crippen molar-refractivity contribution in [1.29, 1.82) is 0 Å². The Morgan fingerprint density at radius 3 is 1.86 bits per heavy atom. The Morgan fingerprint density at radius 1 is 0.810 bits per heavy atom. The summed E-state index contributed by atoms with van der Waals surface area (Å²) in [7, 11) is 0. The van der Waals surface area contributed by atoms with Crippen LogP contribution in [0.3, 0.4) is 0 Å². The van der Waals surface area contributed by atoms with Crippen LogP contribution in [0.5, 0.6) is 0 Å². The van der Waals surface area contributed by atoms with E-state index in [0.29, 0.717) is 0 Å². The molecule has 0 spiro atoms. The van der Waals surface area contributed by atoms with Crippen molar-refractivity contribution in [2.75, 3.05) is 26.2 Å². The predicted octanol–water partition coefficient (Wildman–Crippen LogP) is 2.40. The van der Waals surface area contributed by atoms with Gasteiger partial charge in [-0.25, -0.2) is 0 Å². The van der Waals surface area contributed by atoms with Crippen molar-refractivity contribution in [3.63, 3.8) is 0 Å². The first-order valence-electron chi connectivity index (χ1n) is 8.40. The van der Waals surface area contributed by atoms with Crippen molar-refractivity contribution in [1.82, 2.24) is 10.2 Å². The molecule has 2 aliphatic rings. The number of carbonyl (C=O) groups is 2. The summed E-state index contributed by atoms with van der Waals surface area (Å²) >= 11 is 0. The van der Waals surface area contributed by atoms with Crippen LogP contribution in [0.1, 0.15) is 64.2 Å².